The van der Waals surface area contributed by atoms with Gasteiger partial charge in [-0.2, -0.15) is 15.0 Å². The Morgan fingerprint density at radius 3 is 1.88 bits per heavy atom. The molecule has 0 saturated heterocycles. The fraction of sp³-hybridized carbons (Fsp3) is 0.235. The van der Waals surface area contributed by atoms with Crippen LogP contribution in [0.4, 0.5) is 17.1 Å². The lowest BCUT2D eigenvalue weighted by atomic mass is 10.3. The summed E-state index contributed by atoms with van der Waals surface area (Å²) in [6.45, 7) is 1.25. The number of carbonyl (C=O) groups is 1. The molecular formula is C17H20N4O4S. The predicted molar refractivity (Wildman–Crippen MR) is 98.8 cm³/mol. The molecule has 0 aliphatic rings. The molecule has 9 heteroatoms. The van der Waals surface area contributed by atoms with Gasteiger partial charge in [0, 0.05) is 19.8 Å². The highest BCUT2D eigenvalue weighted by molar-refractivity contribution is 7.89. The van der Waals surface area contributed by atoms with E-state index in [0.29, 0.717) is 11.4 Å². The lowest BCUT2D eigenvalue weighted by Crippen LogP contribution is -2.38. The highest BCUT2D eigenvalue weighted by atomic mass is 32.2. The third kappa shape index (κ3) is 5.11. The van der Waals surface area contributed by atoms with E-state index in [-0.39, 0.29) is 4.90 Å². The number of benzene rings is 2. The smallest absolute Gasteiger partial charge is 0.321 e. The second kappa shape index (κ2) is 8.07. The van der Waals surface area contributed by atoms with Gasteiger partial charge in [0.25, 0.3) is 0 Å². The van der Waals surface area contributed by atoms with E-state index in [9.17, 15) is 13.2 Å². The molecule has 8 nitrogen and oxygen atoms in total. The number of hydrogen-bond donors (Lipinski definition) is 2. The molecule has 0 aliphatic heterocycles. The van der Waals surface area contributed by atoms with Crippen molar-refractivity contribution in [3.05, 3.63) is 48.5 Å². The summed E-state index contributed by atoms with van der Waals surface area (Å²) in [5.41, 5.74) is 2.19. The molecule has 0 heterocycles. The standard InChI is InChI=1S/C17H20N4O4S/c1-12(17(22)23)20-26(24,25)16-10-6-14(7-11-16)19-18-13-4-8-15(9-5-13)21(2)3/h4-12,20H,1-3H3,(H,22,23)/t12-/m0/s1. The number of rotatable bonds is 7. The van der Waals surface area contributed by atoms with Crippen molar-refractivity contribution in [2.75, 3.05) is 19.0 Å². The van der Waals surface area contributed by atoms with Gasteiger partial charge >= 0.3 is 5.97 Å². The molecule has 2 N–H and O–H groups in total. The molecule has 0 amide bonds. The fourth-order valence-electron chi connectivity index (χ4n) is 1.98. The Kier molecular flexibility index (Phi) is 6.06. The predicted octanol–water partition coefficient (Wildman–Crippen LogP) is 2.92. The molecule has 0 radical (unpaired) electrons. The van der Waals surface area contributed by atoms with E-state index in [1.807, 2.05) is 43.3 Å². The van der Waals surface area contributed by atoms with E-state index in [1.54, 1.807) is 0 Å². The van der Waals surface area contributed by atoms with E-state index in [2.05, 4.69) is 15.0 Å². The van der Waals surface area contributed by atoms with Crippen LogP contribution in [0.1, 0.15) is 6.92 Å². The lowest BCUT2D eigenvalue weighted by molar-refractivity contribution is -0.138. The average Bonchev–Trinajstić information content (AvgIpc) is 2.60. The molecule has 2 aromatic carbocycles. The zero-order chi connectivity index (χ0) is 19.3. The van der Waals surface area contributed by atoms with E-state index in [0.717, 1.165) is 5.69 Å². The number of carboxylic acid groups (broad SMARTS) is 1. The van der Waals surface area contributed by atoms with Gasteiger partial charge in [-0.3, -0.25) is 4.79 Å². The maximum Gasteiger partial charge on any atom is 0.321 e. The summed E-state index contributed by atoms with van der Waals surface area (Å²) in [5, 5.41) is 17.0. The van der Waals surface area contributed by atoms with Crippen molar-refractivity contribution < 1.29 is 18.3 Å². The van der Waals surface area contributed by atoms with Gasteiger partial charge in [0.2, 0.25) is 10.0 Å². The second-order valence-electron chi connectivity index (χ2n) is 5.79. The number of carboxylic acids is 1. The molecule has 2 aromatic rings. The van der Waals surface area contributed by atoms with Crippen molar-refractivity contribution >= 4 is 33.1 Å². The average molecular weight is 376 g/mol. The Morgan fingerprint density at radius 1 is 1.00 bits per heavy atom. The first kappa shape index (κ1) is 19.5. The zero-order valence-electron chi connectivity index (χ0n) is 14.6. The quantitative estimate of drug-likeness (QED) is 0.722. The van der Waals surface area contributed by atoms with Crippen molar-refractivity contribution in [3.8, 4) is 0 Å². The van der Waals surface area contributed by atoms with Crippen LogP contribution in [0.2, 0.25) is 0 Å². The van der Waals surface area contributed by atoms with Gasteiger partial charge < -0.3 is 10.0 Å². The van der Waals surface area contributed by atoms with Crippen molar-refractivity contribution in [3.63, 3.8) is 0 Å². The molecule has 0 spiro atoms. The summed E-state index contributed by atoms with van der Waals surface area (Å²) < 4.78 is 26.3. The number of nitrogens with zero attached hydrogens (tertiary/aromatic N) is 3. The van der Waals surface area contributed by atoms with Gasteiger partial charge in [-0.05, 0) is 55.5 Å². The maximum atomic E-state index is 12.1. The summed E-state index contributed by atoms with van der Waals surface area (Å²) in [4.78, 5) is 12.7. The Hall–Kier alpha value is -2.78. The van der Waals surface area contributed by atoms with E-state index in [4.69, 9.17) is 5.11 Å². The van der Waals surface area contributed by atoms with Crippen LogP contribution in [0.15, 0.2) is 63.7 Å². The number of hydrogen-bond acceptors (Lipinski definition) is 6. The first-order valence-electron chi connectivity index (χ1n) is 7.73. The van der Waals surface area contributed by atoms with Gasteiger partial charge in [0.15, 0.2) is 0 Å². The summed E-state index contributed by atoms with van der Waals surface area (Å²) >= 11 is 0. The fourth-order valence-corrected chi connectivity index (χ4v) is 3.17. The van der Waals surface area contributed by atoms with Crippen LogP contribution in [0.5, 0.6) is 0 Å². The third-order valence-corrected chi connectivity index (χ3v) is 5.05. The molecule has 0 unspecified atom stereocenters. The summed E-state index contributed by atoms with van der Waals surface area (Å²) in [6.07, 6.45) is 0. The van der Waals surface area contributed by atoms with Gasteiger partial charge in [0.1, 0.15) is 6.04 Å². The summed E-state index contributed by atoms with van der Waals surface area (Å²) in [6, 6.07) is 12.0. The molecule has 0 aromatic heterocycles. The van der Waals surface area contributed by atoms with Crippen molar-refractivity contribution in [2.24, 2.45) is 10.2 Å². The SMILES string of the molecule is C[C@H](NS(=O)(=O)c1ccc(N=Nc2ccc(N(C)C)cc2)cc1)C(=O)O. The number of azo groups is 1. The minimum absolute atomic E-state index is 0.0418. The zero-order valence-corrected chi connectivity index (χ0v) is 15.4. The van der Waals surface area contributed by atoms with Crippen LogP contribution in [0, 0.1) is 0 Å². The van der Waals surface area contributed by atoms with Crippen molar-refractivity contribution in [2.45, 2.75) is 17.9 Å². The largest absolute Gasteiger partial charge is 0.480 e. The topological polar surface area (TPSA) is 111 Å². The van der Waals surface area contributed by atoms with Gasteiger partial charge in [-0.15, -0.1) is 0 Å². The molecule has 138 valence electrons. The summed E-state index contributed by atoms with van der Waals surface area (Å²) in [7, 11) is -0.0238. The second-order valence-corrected chi connectivity index (χ2v) is 7.50. The Balaban J connectivity index is 2.10. The van der Waals surface area contributed by atoms with E-state index >= 15 is 0 Å². The van der Waals surface area contributed by atoms with Gasteiger partial charge in [-0.1, -0.05) is 0 Å². The van der Waals surface area contributed by atoms with Crippen molar-refractivity contribution in [1.82, 2.24) is 4.72 Å². The normalized spacial score (nSPS) is 12.9. The Labute approximate surface area is 152 Å². The van der Waals surface area contributed by atoms with Crippen molar-refractivity contribution in [1.29, 1.82) is 0 Å². The molecule has 0 saturated carbocycles. The Morgan fingerprint density at radius 2 is 1.46 bits per heavy atom. The first-order valence-corrected chi connectivity index (χ1v) is 9.22. The number of nitrogens with one attached hydrogen (secondary N) is 1. The van der Waals surface area contributed by atoms with E-state index < -0.39 is 22.0 Å². The molecule has 0 aliphatic carbocycles. The molecular weight excluding hydrogens is 356 g/mol. The molecule has 2 rings (SSSR count). The minimum Gasteiger partial charge on any atom is -0.480 e. The van der Waals surface area contributed by atoms with E-state index in [1.165, 1.54) is 31.2 Å². The van der Waals surface area contributed by atoms with Gasteiger partial charge in [0.05, 0.1) is 16.3 Å². The van der Waals surface area contributed by atoms with Crippen LogP contribution in [0.25, 0.3) is 0 Å². The minimum atomic E-state index is -3.91. The molecule has 26 heavy (non-hydrogen) atoms. The Bertz CT molecular complexity index is 891. The number of sulfonamides is 1. The number of aliphatic carboxylic acids is 1. The monoisotopic (exact) mass is 376 g/mol. The van der Waals surface area contributed by atoms with Crippen LogP contribution in [-0.4, -0.2) is 39.6 Å². The number of anilines is 1. The first-order chi connectivity index (χ1) is 12.2. The highest BCUT2D eigenvalue weighted by Crippen LogP contribution is 2.22. The van der Waals surface area contributed by atoms with Crippen LogP contribution in [-0.2, 0) is 14.8 Å². The van der Waals surface area contributed by atoms with Crippen LogP contribution < -0.4 is 9.62 Å². The molecule has 0 fully saturated rings. The summed E-state index contributed by atoms with van der Waals surface area (Å²) in [5.74, 6) is -1.25. The lowest BCUT2D eigenvalue weighted by Gasteiger charge is -2.11. The van der Waals surface area contributed by atoms with Crippen LogP contribution in [0.3, 0.4) is 0 Å². The highest BCUT2D eigenvalue weighted by Gasteiger charge is 2.21. The van der Waals surface area contributed by atoms with Gasteiger partial charge in [-0.25, -0.2) is 8.42 Å². The van der Waals surface area contributed by atoms with Crippen LogP contribution >= 0.6 is 0 Å². The maximum absolute atomic E-state index is 12.1. The third-order valence-electron chi connectivity index (χ3n) is 3.50. The molecule has 0 bridgehead atoms. The molecule has 1 atom stereocenters.